The summed E-state index contributed by atoms with van der Waals surface area (Å²) in [5.74, 6) is -0.246. The van der Waals surface area contributed by atoms with Gasteiger partial charge in [-0.05, 0) is 63.2 Å². The van der Waals surface area contributed by atoms with Crippen LogP contribution in [0.15, 0.2) is 59.9 Å². The molecule has 2 aromatic rings. The van der Waals surface area contributed by atoms with Crippen LogP contribution in [0.3, 0.4) is 0 Å². The lowest BCUT2D eigenvalue weighted by Crippen LogP contribution is -2.35. The van der Waals surface area contributed by atoms with Gasteiger partial charge in [-0.15, -0.1) is 0 Å². The van der Waals surface area contributed by atoms with E-state index in [1.54, 1.807) is 24.3 Å². The summed E-state index contributed by atoms with van der Waals surface area (Å²) in [5.41, 5.74) is 3.33. The van der Waals surface area contributed by atoms with Gasteiger partial charge in [0.15, 0.2) is 5.11 Å². The molecule has 0 saturated carbocycles. The number of thiocarbonyl (C=S) groups is 1. The molecule has 0 atom stereocenters. The fraction of sp³-hybridized carbons (Fsp3) is 0.320. The molecule has 4 rings (SSSR count). The third-order valence-electron chi connectivity index (χ3n) is 5.35. The van der Waals surface area contributed by atoms with Crippen molar-refractivity contribution in [2.75, 3.05) is 23.7 Å². The number of allylic oxidation sites excluding steroid dienone is 2. The van der Waals surface area contributed by atoms with Gasteiger partial charge in [0.1, 0.15) is 11.4 Å². The largest absolute Gasteiger partial charge is 0.367 e. The number of rotatable bonds is 5. The maximum absolute atomic E-state index is 13.3. The van der Waals surface area contributed by atoms with Crippen LogP contribution in [0.25, 0.3) is 0 Å². The fourth-order valence-corrected chi connectivity index (χ4v) is 4.28. The van der Waals surface area contributed by atoms with Crippen molar-refractivity contribution in [1.29, 1.82) is 0 Å². The van der Waals surface area contributed by atoms with Gasteiger partial charge in [0.25, 0.3) is 0 Å². The maximum atomic E-state index is 13.3. The molecule has 0 unspecified atom stereocenters. The number of ketones is 2. The van der Waals surface area contributed by atoms with E-state index in [4.69, 9.17) is 12.2 Å². The Kier molecular flexibility index (Phi) is 7.30. The number of nitrogens with zero attached hydrogens (tertiary/aromatic N) is 1. The number of hydrogen-bond donors (Lipinski definition) is 3. The van der Waals surface area contributed by atoms with Crippen LogP contribution >= 0.6 is 12.2 Å². The van der Waals surface area contributed by atoms with Crippen LogP contribution in [0.1, 0.15) is 54.8 Å². The molecule has 2 aromatic carbocycles. The molecule has 7 heteroatoms. The summed E-state index contributed by atoms with van der Waals surface area (Å²) in [5, 5.41) is 10.1. The van der Waals surface area contributed by atoms with Crippen molar-refractivity contribution < 1.29 is 9.59 Å². The van der Waals surface area contributed by atoms with Gasteiger partial charge in [-0.3, -0.25) is 9.59 Å². The van der Waals surface area contributed by atoms with E-state index in [2.05, 4.69) is 16.0 Å². The van der Waals surface area contributed by atoms with Gasteiger partial charge in [-0.1, -0.05) is 31.7 Å². The van der Waals surface area contributed by atoms with Gasteiger partial charge < -0.3 is 20.9 Å². The molecule has 1 aliphatic carbocycles. The Morgan fingerprint density at radius 1 is 0.906 bits per heavy atom. The van der Waals surface area contributed by atoms with E-state index >= 15 is 0 Å². The van der Waals surface area contributed by atoms with Crippen LogP contribution in [0.2, 0.25) is 0 Å². The highest BCUT2D eigenvalue weighted by molar-refractivity contribution is 7.80. The maximum Gasteiger partial charge on any atom is 0.212 e. The number of carbonyl (C=O) groups is 2. The Balaban J connectivity index is 0.00000289. The Morgan fingerprint density at radius 3 is 2.06 bits per heavy atom. The second-order valence-electron chi connectivity index (χ2n) is 8.08. The lowest BCUT2D eigenvalue weighted by atomic mass is 9.89. The minimum Gasteiger partial charge on any atom is -0.367 e. The number of carbonyl (C=O) groups excluding carboxylic acids is 2. The molecule has 3 N–H and O–H groups in total. The van der Waals surface area contributed by atoms with E-state index in [0.29, 0.717) is 27.6 Å². The van der Waals surface area contributed by atoms with Gasteiger partial charge >= 0.3 is 0 Å². The average molecular weight is 451 g/mol. The molecule has 1 saturated heterocycles. The van der Waals surface area contributed by atoms with Crippen LogP contribution in [0.5, 0.6) is 0 Å². The quantitative estimate of drug-likeness (QED) is 0.564. The number of benzene rings is 2. The number of hydrogen-bond acceptors (Lipinski definition) is 5. The number of nitrogens with one attached hydrogen (secondary N) is 3. The van der Waals surface area contributed by atoms with Crippen LogP contribution in [0, 0.1) is 0 Å². The standard InChI is InChI=1S/C24H26N4O2S.CH4/c1-15(2)25-24(31)27-17-11-9-16(10-12-17)26-20-21(28-13-5-6-14-28)23(30)19-8-4-3-7-18(19)22(20)29;/h3-4,7-12,15,26H,5-6,13-14H2,1-2H3,(H2,25,27,31);1H4. The van der Waals surface area contributed by atoms with Crippen LogP contribution in [-0.2, 0) is 0 Å². The van der Waals surface area contributed by atoms with Crippen molar-refractivity contribution in [3.8, 4) is 0 Å². The van der Waals surface area contributed by atoms with Gasteiger partial charge in [-0.2, -0.15) is 0 Å². The zero-order valence-corrected chi connectivity index (χ0v) is 18.5. The predicted octanol–water partition coefficient (Wildman–Crippen LogP) is 4.82. The van der Waals surface area contributed by atoms with Gasteiger partial charge in [0.2, 0.25) is 11.6 Å². The van der Waals surface area contributed by atoms with Crippen molar-refractivity contribution in [3.63, 3.8) is 0 Å². The number of likely N-dealkylation sites (tertiary alicyclic amines) is 1. The Morgan fingerprint density at radius 2 is 1.47 bits per heavy atom. The summed E-state index contributed by atoms with van der Waals surface area (Å²) in [7, 11) is 0. The molecule has 0 radical (unpaired) electrons. The van der Waals surface area contributed by atoms with Crippen molar-refractivity contribution >= 4 is 40.3 Å². The summed E-state index contributed by atoms with van der Waals surface area (Å²) in [6, 6.07) is 14.8. The topological polar surface area (TPSA) is 73.5 Å². The molecular formula is C25H30N4O2S. The van der Waals surface area contributed by atoms with E-state index in [0.717, 1.165) is 37.3 Å². The minimum atomic E-state index is -0.151. The second kappa shape index (κ2) is 9.96. The van der Waals surface area contributed by atoms with E-state index in [1.807, 2.05) is 43.0 Å². The lowest BCUT2D eigenvalue weighted by molar-refractivity contribution is 0.0948. The lowest BCUT2D eigenvalue weighted by Gasteiger charge is -2.28. The SMILES string of the molecule is C.CC(C)NC(=S)Nc1ccc(NC2=C(N3CCCC3)C(=O)c3ccccc3C2=O)cc1. The molecule has 1 fully saturated rings. The highest BCUT2D eigenvalue weighted by atomic mass is 32.1. The molecule has 0 bridgehead atoms. The third-order valence-corrected chi connectivity index (χ3v) is 5.57. The average Bonchev–Trinajstić information content (AvgIpc) is 3.27. The van der Waals surface area contributed by atoms with E-state index in [1.165, 1.54) is 0 Å². The number of Topliss-reactive ketones (excluding diaryl/α,β-unsaturated/α-hetero) is 2. The summed E-state index contributed by atoms with van der Waals surface area (Å²) >= 11 is 5.29. The van der Waals surface area contributed by atoms with Crippen molar-refractivity contribution in [2.24, 2.45) is 0 Å². The summed E-state index contributed by atoms with van der Waals surface area (Å²) < 4.78 is 0. The number of fused-ring (bicyclic) bond motifs is 1. The minimum absolute atomic E-state index is 0. The first-order valence-corrected chi connectivity index (χ1v) is 11.0. The molecule has 1 aliphatic heterocycles. The summed E-state index contributed by atoms with van der Waals surface area (Å²) in [6.45, 7) is 5.61. The smallest absolute Gasteiger partial charge is 0.212 e. The fourth-order valence-electron chi connectivity index (χ4n) is 3.93. The second-order valence-corrected chi connectivity index (χ2v) is 8.49. The van der Waals surface area contributed by atoms with Crippen molar-refractivity contribution in [3.05, 3.63) is 71.1 Å². The van der Waals surface area contributed by atoms with Gasteiger partial charge in [-0.25, -0.2) is 0 Å². The van der Waals surface area contributed by atoms with Crippen LogP contribution in [0.4, 0.5) is 11.4 Å². The molecule has 0 spiro atoms. The first-order valence-electron chi connectivity index (χ1n) is 10.6. The van der Waals surface area contributed by atoms with Gasteiger partial charge in [0, 0.05) is 41.6 Å². The monoisotopic (exact) mass is 450 g/mol. The molecular weight excluding hydrogens is 420 g/mol. The molecule has 0 amide bonds. The number of anilines is 2. The summed E-state index contributed by atoms with van der Waals surface area (Å²) in [6.07, 6.45) is 2.04. The summed E-state index contributed by atoms with van der Waals surface area (Å²) in [4.78, 5) is 28.6. The van der Waals surface area contributed by atoms with Crippen LogP contribution in [-0.4, -0.2) is 40.7 Å². The van der Waals surface area contributed by atoms with Crippen LogP contribution < -0.4 is 16.0 Å². The molecule has 32 heavy (non-hydrogen) atoms. The molecule has 6 nitrogen and oxygen atoms in total. The Labute approximate surface area is 195 Å². The van der Waals surface area contributed by atoms with Crippen molar-refractivity contribution in [1.82, 2.24) is 10.2 Å². The Hall–Kier alpha value is -3.19. The van der Waals surface area contributed by atoms with Gasteiger partial charge in [0.05, 0.1) is 0 Å². The molecule has 168 valence electrons. The van der Waals surface area contributed by atoms with E-state index < -0.39 is 0 Å². The third kappa shape index (κ3) is 4.83. The zero-order chi connectivity index (χ0) is 22.0. The first-order chi connectivity index (χ1) is 14.9. The molecule has 0 aromatic heterocycles. The zero-order valence-electron chi connectivity index (χ0n) is 17.7. The Bertz CT molecular complexity index is 1050. The van der Waals surface area contributed by atoms with E-state index in [9.17, 15) is 9.59 Å². The van der Waals surface area contributed by atoms with E-state index in [-0.39, 0.29) is 25.0 Å². The molecule has 1 heterocycles. The molecule has 2 aliphatic rings. The normalized spacial score (nSPS) is 15.4. The highest BCUT2D eigenvalue weighted by Gasteiger charge is 2.36. The van der Waals surface area contributed by atoms with Crippen molar-refractivity contribution in [2.45, 2.75) is 40.2 Å². The highest BCUT2D eigenvalue weighted by Crippen LogP contribution is 2.31. The first kappa shape index (κ1) is 23.5. The predicted molar refractivity (Wildman–Crippen MR) is 134 cm³/mol.